The molecule has 0 aromatic carbocycles. The number of thiazole rings is 3. The van der Waals surface area contributed by atoms with Gasteiger partial charge in [-0.1, -0.05) is 0 Å². The number of carbonyl (C=O) groups excluding carboxylic acids is 2. The summed E-state index contributed by atoms with van der Waals surface area (Å²) in [4.78, 5) is 40.3. The number of carbonyl (C=O) groups is 2. The predicted octanol–water partition coefficient (Wildman–Crippen LogP) is 3.44. The average Bonchev–Trinajstić information content (AvgIpc) is 3.36. The van der Waals surface area contributed by atoms with Gasteiger partial charge < -0.3 is 10.6 Å². The van der Waals surface area contributed by atoms with Gasteiger partial charge in [0.1, 0.15) is 0 Å². The first-order chi connectivity index (χ1) is 13.5. The highest BCUT2D eigenvalue weighted by molar-refractivity contribution is 7.17. The fourth-order valence-electron chi connectivity index (χ4n) is 2.85. The van der Waals surface area contributed by atoms with Gasteiger partial charge in [-0.25, -0.2) is 19.7 Å². The van der Waals surface area contributed by atoms with Crippen LogP contribution in [0, 0.1) is 13.8 Å². The summed E-state index contributed by atoms with van der Waals surface area (Å²) in [6, 6.07) is -0.138. The Morgan fingerprint density at radius 2 is 2.11 bits per heavy atom. The maximum Gasteiger partial charge on any atom is 0.323 e. The lowest BCUT2D eigenvalue weighted by Gasteiger charge is -2.24. The van der Waals surface area contributed by atoms with Crippen molar-refractivity contribution in [2.75, 3.05) is 23.3 Å². The molecule has 1 aliphatic rings. The van der Waals surface area contributed by atoms with E-state index >= 15 is 0 Å². The quantitative estimate of drug-likeness (QED) is 0.641. The highest BCUT2D eigenvalue weighted by Crippen LogP contribution is 2.32. The van der Waals surface area contributed by atoms with Crippen LogP contribution >= 0.6 is 34.0 Å². The highest BCUT2D eigenvalue weighted by atomic mass is 32.1. The molecule has 8 nitrogen and oxygen atoms in total. The second kappa shape index (κ2) is 7.94. The molecular weight excluding hydrogens is 416 g/mol. The summed E-state index contributed by atoms with van der Waals surface area (Å²) < 4.78 is 0. The summed E-state index contributed by atoms with van der Waals surface area (Å²) >= 11 is 4.35. The van der Waals surface area contributed by atoms with Gasteiger partial charge in [0, 0.05) is 23.8 Å². The van der Waals surface area contributed by atoms with Crippen LogP contribution in [-0.4, -0.2) is 40.0 Å². The number of urea groups is 1. The van der Waals surface area contributed by atoms with Crippen LogP contribution in [0.4, 0.5) is 15.1 Å². The number of nitrogens with zero attached hydrogens (tertiary/aromatic N) is 4. The van der Waals surface area contributed by atoms with Gasteiger partial charge in [0.25, 0.3) is 0 Å². The van der Waals surface area contributed by atoms with Crippen LogP contribution in [0.2, 0.25) is 0 Å². The molecule has 3 aromatic heterocycles. The van der Waals surface area contributed by atoms with E-state index in [0.29, 0.717) is 29.0 Å². The van der Waals surface area contributed by atoms with Gasteiger partial charge in [-0.2, -0.15) is 0 Å². The van der Waals surface area contributed by atoms with Crippen LogP contribution in [0.1, 0.15) is 22.8 Å². The van der Waals surface area contributed by atoms with Crippen LogP contribution in [0.25, 0.3) is 10.6 Å². The largest absolute Gasteiger partial charge is 0.338 e. The zero-order valence-electron chi connectivity index (χ0n) is 15.3. The Balaban J connectivity index is 1.39. The summed E-state index contributed by atoms with van der Waals surface area (Å²) in [7, 11) is 0. The van der Waals surface area contributed by atoms with Gasteiger partial charge in [0.2, 0.25) is 5.91 Å². The minimum absolute atomic E-state index is 0.138. The molecule has 28 heavy (non-hydrogen) atoms. The SMILES string of the molecule is Cc1nc(C)c(-c2csc(NC(=O)Cc3csc(N4CCCNC4=O)n3)n2)s1. The molecule has 1 saturated heterocycles. The summed E-state index contributed by atoms with van der Waals surface area (Å²) in [5, 5.41) is 11.5. The Morgan fingerprint density at radius 3 is 2.86 bits per heavy atom. The number of anilines is 2. The molecule has 146 valence electrons. The summed E-state index contributed by atoms with van der Waals surface area (Å²) in [5.41, 5.74) is 2.42. The summed E-state index contributed by atoms with van der Waals surface area (Å²) in [5.74, 6) is -0.182. The van der Waals surface area contributed by atoms with Crippen LogP contribution in [0.3, 0.4) is 0 Å². The standard InChI is InChI=1S/C17H18N6O2S3/c1-9-14(28-10(2)19-9)12-8-26-15(21-12)22-13(24)6-11-7-27-17(20-11)23-5-3-4-18-16(23)25/h7-8H,3-6H2,1-2H3,(H,18,25)(H,21,22,24). The molecule has 0 saturated carbocycles. The van der Waals surface area contributed by atoms with Gasteiger partial charge in [-0.05, 0) is 20.3 Å². The molecular formula is C17H18N6O2S3. The minimum atomic E-state index is -0.182. The number of aryl methyl sites for hydroxylation is 2. The van der Waals surface area contributed by atoms with E-state index in [1.807, 2.05) is 24.6 Å². The molecule has 1 aliphatic heterocycles. The third kappa shape index (κ3) is 4.05. The van der Waals surface area contributed by atoms with Crippen molar-refractivity contribution in [3.8, 4) is 10.6 Å². The van der Waals surface area contributed by atoms with E-state index in [9.17, 15) is 9.59 Å². The molecule has 2 N–H and O–H groups in total. The Bertz CT molecular complexity index is 1020. The van der Waals surface area contributed by atoms with E-state index in [1.54, 1.807) is 16.2 Å². The lowest BCUT2D eigenvalue weighted by molar-refractivity contribution is -0.115. The zero-order chi connectivity index (χ0) is 19.7. The molecule has 3 amide bonds. The summed E-state index contributed by atoms with van der Waals surface area (Å²) in [6.07, 6.45) is 1.02. The van der Waals surface area contributed by atoms with Crippen LogP contribution < -0.4 is 15.5 Å². The first-order valence-corrected chi connectivity index (χ1v) is 11.3. The highest BCUT2D eigenvalue weighted by Gasteiger charge is 2.22. The first-order valence-electron chi connectivity index (χ1n) is 8.69. The van der Waals surface area contributed by atoms with E-state index in [-0.39, 0.29) is 18.4 Å². The second-order valence-electron chi connectivity index (χ2n) is 6.27. The maximum atomic E-state index is 12.4. The number of amides is 3. The number of rotatable bonds is 5. The van der Waals surface area contributed by atoms with Crippen molar-refractivity contribution in [1.29, 1.82) is 0 Å². The monoisotopic (exact) mass is 434 g/mol. The van der Waals surface area contributed by atoms with Gasteiger partial charge in [0.05, 0.1) is 33.4 Å². The lowest BCUT2D eigenvalue weighted by Crippen LogP contribution is -2.46. The van der Waals surface area contributed by atoms with Crippen molar-refractivity contribution in [1.82, 2.24) is 20.3 Å². The van der Waals surface area contributed by atoms with E-state index in [1.165, 1.54) is 22.7 Å². The second-order valence-corrected chi connectivity index (χ2v) is 9.17. The fraction of sp³-hybridized carbons (Fsp3) is 0.353. The molecule has 0 bridgehead atoms. The molecule has 4 rings (SSSR count). The third-order valence-corrected chi connectivity index (χ3v) is 6.84. The van der Waals surface area contributed by atoms with E-state index in [2.05, 4.69) is 25.6 Å². The normalized spacial score (nSPS) is 14.2. The first kappa shape index (κ1) is 19.0. The van der Waals surface area contributed by atoms with E-state index in [4.69, 9.17) is 0 Å². The van der Waals surface area contributed by atoms with Crippen molar-refractivity contribution in [3.63, 3.8) is 0 Å². The van der Waals surface area contributed by atoms with Crippen molar-refractivity contribution in [2.45, 2.75) is 26.7 Å². The molecule has 0 unspecified atom stereocenters. The van der Waals surface area contributed by atoms with Crippen molar-refractivity contribution in [3.05, 3.63) is 27.2 Å². The molecule has 11 heteroatoms. The van der Waals surface area contributed by atoms with Crippen LogP contribution in [0.5, 0.6) is 0 Å². The summed E-state index contributed by atoms with van der Waals surface area (Å²) in [6.45, 7) is 5.25. The van der Waals surface area contributed by atoms with Gasteiger partial charge >= 0.3 is 6.03 Å². The minimum Gasteiger partial charge on any atom is -0.338 e. The zero-order valence-corrected chi connectivity index (χ0v) is 17.8. The molecule has 3 aromatic rings. The van der Waals surface area contributed by atoms with Crippen molar-refractivity contribution in [2.24, 2.45) is 0 Å². The smallest absolute Gasteiger partial charge is 0.323 e. The maximum absolute atomic E-state index is 12.4. The Kier molecular flexibility index (Phi) is 5.38. The Labute approximate surface area is 173 Å². The van der Waals surface area contributed by atoms with Crippen LogP contribution in [-0.2, 0) is 11.2 Å². The van der Waals surface area contributed by atoms with Gasteiger partial charge in [-0.15, -0.1) is 34.0 Å². The predicted molar refractivity (Wildman–Crippen MR) is 113 cm³/mol. The number of nitrogens with one attached hydrogen (secondary N) is 2. The molecule has 0 radical (unpaired) electrons. The topological polar surface area (TPSA) is 100 Å². The number of hydrogen-bond acceptors (Lipinski definition) is 8. The van der Waals surface area contributed by atoms with Crippen molar-refractivity contribution >= 4 is 56.2 Å². The van der Waals surface area contributed by atoms with E-state index in [0.717, 1.165) is 27.7 Å². The lowest BCUT2D eigenvalue weighted by atomic mass is 10.3. The Morgan fingerprint density at radius 1 is 1.25 bits per heavy atom. The van der Waals surface area contributed by atoms with Crippen LogP contribution in [0.15, 0.2) is 10.8 Å². The van der Waals surface area contributed by atoms with E-state index < -0.39 is 0 Å². The number of hydrogen-bond donors (Lipinski definition) is 2. The molecule has 1 fully saturated rings. The fourth-order valence-corrected chi connectivity index (χ4v) is 5.37. The molecule has 0 spiro atoms. The van der Waals surface area contributed by atoms with Gasteiger partial charge in [-0.3, -0.25) is 9.69 Å². The average molecular weight is 435 g/mol. The number of aromatic nitrogens is 3. The molecule has 0 atom stereocenters. The van der Waals surface area contributed by atoms with Gasteiger partial charge in [0.15, 0.2) is 10.3 Å². The third-order valence-electron chi connectivity index (χ3n) is 4.08. The molecule has 0 aliphatic carbocycles. The Hall–Kier alpha value is -2.37. The molecule has 4 heterocycles. The van der Waals surface area contributed by atoms with Crippen molar-refractivity contribution < 1.29 is 9.59 Å².